The standard InChI is InChI=1S/C16H12ClNO2/c1-20-16(19)12-3-2-11-8-14(18-15(11)9-12)10-4-6-13(17)7-5-10/h2-9,18H,1H3. The molecule has 0 bridgehead atoms. The van der Waals surface area contributed by atoms with Crippen LogP contribution in [0.2, 0.25) is 5.02 Å². The first-order valence-electron chi connectivity index (χ1n) is 6.14. The van der Waals surface area contributed by atoms with Gasteiger partial charge in [0.2, 0.25) is 0 Å². The Morgan fingerprint density at radius 3 is 2.55 bits per heavy atom. The Kier molecular flexibility index (Phi) is 3.20. The van der Waals surface area contributed by atoms with Crippen LogP contribution in [0.5, 0.6) is 0 Å². The highest BCUT2D eigenvalue weighted by atomic mass is 35.5. The summed E-state index contributed by atoms with van der Waals surface area (Å²) in [6, 6.07) is 15.1. The molecule has 3 rings (SSSR count). The number of halogens is 1. The molecule has 0 aliphatic carbocycles. The van der Waals surface area contributed by atoms with Gasteiger partial charge in [0.1, 0.15) is 0 Å². The molecule has 2 aromatic carbocycles. The number of hydrogen-bond acceptors (Lipinski definition) is 2. The van der Waals surface area contributed by atoms with E-state index in [9.17, 15) is 4.79 Å². The number of nitrogens with one attached hydrogen (secondary N) is 1. The second kappa shape index (κ2) is 5.02. The summed E-state index contributed by atoms with van der Waals surface area (Å²) >= 11 is 5.89. The molecule has 0 fully saturated rings. The second-order valence-corrected chi connectivity index (χ2v) is 4.92. The Morgan fingerprint density at radius 2 is 1.85 bits per heavy atom. The molecule has 0 spiro atoms. The summed E-state index contributed by atoms with van der Waals surface area (Å²) in [5, 5.41) is 1.75. The fourth-order valence-corrected chi connectivity index (χ4v) is 2.28. The number of aromatic amines is 1. The van der Waals surface area contributed by atoms with Crippen molar-refractivity contribution in [2.45, 2.75) is 0 Å². The normalized spacial score (nSPS) is 10.7. The summed E-state index contributed by atoms with van der Waals surface area (Å²) in [6.07, 6.45) is 0. The Balaban J connectivity index is 2.06. The van der Waals surface area contributed by atoms with Gasteiger partial charge >= 0.3 is 5.97 Å². The summed E-state index contributed by atoms with van der Waals surface area (Å²) < 4.78 is 4.72. The van der Waals surface area contributed by atoms with Gasteiger partial charge in [-0.15, -0.1) is 0 Å². The highest BCUT2D eigenvalue weighted by Crippen LogP contribution is 2.26. The van der Waals surface area contributed by atoms with Gasteiger partial charge in [-0.3, -0.25) is 0 Å². The maximum atomic E-state index is 11.5. The second-order valence-electron chi connectivity index (χ2n) is 4.48. The minimum Gasteiger partial charge on any atom is -0.465 e. The largest absolute Gasteiger partial charge is 0.465 e. The van der Waals surface area contributed by atoms with E-state index in [1.165, 1.54) is 7.11 Å². The zero-order chi connectivity index (χ0) is 14.1. The van der Waals surface area contributed by atoms with Crippen molar-refractivity contribution in [3.63, 3.8) is 0 Å². The molecular formula is C16H12ClNO2. The number of carbonyl (C=O) groups excluding carboxylic acids is 1. The molecule has 1 heterocycles. The molecule has 0 unspecified atom stereocenters. The average molecular weight is 286 g/mol. The van der Waals surface area contributed by atoms with Crippen molar-refractivity contribution in [1.29, 1.82) is 0 Å². The average Bonchev–Trinajstić information content (AvgIpc) is 2.90. The lowest BCUT2D eigenvalue weighted by atomic mass is 10.1. The number of esters is 1. The van der Waals surface area contributed by atoms with Crippen molar-refractivity contribution in [1.82, 2.24) is 4.98 Å². The lowest BCUT2D eigenvalue weighted by Gasteiger charge is -1.98. The van der Waals surface area contributed by atoms with Gasteiger partial charge in [0.15, 0.2) is 0 Å². The maximum Gasteiger partial charge on any atom is 0.337 e. The Hall–Kier alpha value is -2.26. The number of hydrogen-bond donors (Lipinski definition) is 1. The highest BCUT2D eigenvalue weighted by Gasteiger charge is 2.08. The van der Waals surface area contributed by atoms with E-state index in [1.807, 2.05) is 36.4 Å². The molecular weight excluding hydrogens is 274 g/mol. The number of benzene rings is 2. The molecule has 0 atom stereocenters. The van der Waals surface area contributed by atoms with E-state index in [-0.39, 0.29) is 5.97 Å². The molecule has 0 saturated carbocycles. The molecule has 100 valence electrons. The molecule has 0 amide bonds. The number of rotatable bonds is 2. The van der Waals surface area contributed by atoms with Crippen molar-refractivity contribution < 1.29 is 9.53 Å². The quantitative estimate of drug-likeness (QED) is 0.714. The van der Waals surface area contributed by atoms with Crippen LogP contribution in [0.4, 0.5) is 0 Å². The van der Waals surface area contributed by atoms with Gasteiger partial charge in [0, 0.05) is 21.6 Å². The third kappa shape index (κ3) is 2.28. The van der Waals surface area contributed by atoms with E-state index in [1.54, 1.807) is 12.1 Å². The molecule has 0 saturated heterocycles. The van der Waals surface area contributed by atoms with Gasteiger partial charge in [-0.2, -0.15) is 0 Å². The smallest absolute Gasteiger partial charge is 0.337 e. The molecule has 4 heteroatoms. The molecule has 20 heavy (non-hydrogen) atoms. The molecule has 0 aliphatic rings. The van der Waals surface area contributed by atoms with Gasteiger partial charge in [-0.1, -0.05) is 29.8 Å². The van der Waals surface area contributed by atoms with E-state index in [0.717, 1.165) is 22.2 Å². The lowest BCUT2D eigenvalue weighted by Crippen LogP contribution is -2.00. The minimum absolute atomic E-state index is 0.338. The van der Waals surface area contributed by atoms with Crippen LogP contribution >= 0.6 is 11.6 Å². The lowest BCUT2D eigenvalue weighted by molar-refractivity contribution is 0.0601. The zero-order valence-electron chi connectivity index (χ0n) is 10.8. The van der Waals surface area contributed by atoms with Gasteiger partial charge in [-0.25, -0.2) is 4.79 Å². The van der Waals surface area contributed by atoms with E-state index in [4.69, 9.17) is 16.3 Å². The molecule has 3 nitrogen and oxygen atoms in total. The van der Waals surface area contributed by atoms with Crippen molar-refractivity contribution in [2.75, 3.05) is 7.11 Å². The monoisotopic (exact) mass is 285 g/mol. The first-order chi connectivity index (χ1) is 9.67. The van der Waals surface area contributed by atoms with Crippen molar-refractivity contribution in [2.24, 2.45) is 0 Å². The van der Waals surface area contributed by atoms with Crippen molar-refractivity contribution >= 4 is 28.5 Å². The van der Waals surface area contributed by atoms with Crippen LogP contribution in [0.25, 0.3) is 22.2 Å². The number of ether oxygens (including phenoxy) is 1. The van der Waals surface area contributed by atoms with Crippen LogP contribution in [0.15, 0.2) is 48.5 Å². The summed E-state index contributed by atoms with van der Waals surface area (Å²) in [4.78, 5) is 14.8. The van der Waals surface area contributed by atoms with Crippen molar-refractivity contribution in [3.05, 3.63) is 59.1 Å². The number of methoxy groups -OCH3 is 1. The van der Waals surface area contributed by atoms with E-state index >= 15 is 0 Å². The molecule has 1 aromatic heterocycles. The molecule has 0 radical (unpaired) electrons. The topological polar surface area (TPSA) is 42.1 Å². The third-order valence-electron chi connectivity index (χ3n) is 3.20. The van der Waals surface area contributed by atoms with Crippen LogP contribution in [-0.2, 0) is 4.74 Å². The Morgan fingerprint density at radius 1 is 1.10 bits per heavy atom. The summed E-state index contributed by atoms with van der Waals surface area (Å²) in [5.41, 5.74) is 3.46. The van der Waals surface area contributed by atoms with Crippen LogP contribution in [0, 0.1) is 0 Å². The first-order valence-corrected chi connectivity index (χ1v) is 6.52. The predicted octanol–water partition coefficient (Wildman–Crippen LogP) is 4.27. The summed E-state index contributed by atoms with van der Waals surface area (Å²) in [5.74, 6) is -0.338. The van der Waals surface area contributed by atoms with Crippen LogP contribution < -0.4 is 0 Å². The summed E-state index contributed by atoms with van der Waals surface area (Å²) in [6.45, 7) is 0. The minimum atomic E-state index is -0.338. The summed E-state index contributed by atoms with van der Waals surface area (Å²) in [7, 11) is 1.38. The number of aromatic nitrogens is 1. The first kappa shape index (κ1) is 12.8. The zero-order valence-corrected chi connectivity index (χ0v) is 11.6. The number of H-pyrrole nitrogens is 1. The van der Waals surface area contributed by atoms with Crippen LogP contribution in [-0.4, -0.2) is 18.1 Å². The predicted molar refractivity (Wildman–Crippen MR) is 80.1 cm³/mol. The van der Waals surface area contributed by atoms with Gasteiger partial charge in [0.05, 0.1) is 12.7 Å². The fraction of sp³-hybridized carbons (Fsp3) is 0.0625. The van der Waals surface area contributed by atoms with Gasteiger partial charge in [-0.05, 0) is 35.9 Å². The SMILES string of the molecule is COC(=O)c1ccc2cc(-c3ccc(Cl)cc3)[nH]c2c1. The highest BCUT2D eigenvalue weighted by molar-refractivity contribution is 6.30. The Bertz CT molecular complexity index is 775. The Labute approximate surface area is 121 Å². The maximum absolute atomic E-state index is 11.5. The third-order valence-corrected chi connectivity index (χ3v) is 3.45. The van der Waals surface area contributed by atoms with Gasteiger partial charge in [0.25, 0.3) is 0 Å². The van der Waals surface area contributed by atoms with E-state index < -0.39 is 0 Å². The fourth-order valence-electron chi connectivity index (χ4n) is 2.16. The van der Waals surface area contributed by atoms with Gasteiger partial charge < -0.3 is 9.72 Å². The van der Waals surface area contributed by atoms with Crippen LogP contribution in [0.3, 0.4) is 0 Å². The van der Waals surface area contributed by atoms with E-state index in [2.05, 4.69) is 4.98 Å². The molecule has 0 aliphatic heterocycles. The number of fused-ring (bicyclic) bond motifs is 1. The molecule has 3 aromatic rings. The number of carbonyl (C=O) groups is 1. The van der Waals surface area contributed by atoms with Crippen LogP contribution in [0.1, 0.15) is 10.4 Å². The molecule has 1 N–H and O–H groups in total. The van der Waals surface area contributed by atoms with Crippen molar-refractivity contribution in [3.8, 4) is 11.3 Å². The van der Waals surface area contributed by atoms with E-state index in [0.29, 0.717) is 10.6 Å².